The van der Waals surface area contributed by atoms with Gasteiger partial charge in [-0.15, -0.1) is 0 Å². The van der Waals surface area contributed by atoms with Gasteiger partial charge in [0.2, 0.25) is 0 Å². The van der Waals surface area contributed by atoms with E-state index in [1.54, 1.807) is 0 Å². The molecular formula is C35H42N2. The van der Waals surface area contributed by atoms with Gasteiger partial charge in [-0.1, -0.05) is 126 Å². The molecule has 0 fully saturated rings. The molecule has 2 nitrogen and oxygen atoms in total. The Kier molecular flexibility index (Phi) is 8.02. The highest BCUT2D eigenvalue weighted by molar-refractivity contribution is 5.70. The van der Waals surface area contributed by atoms with Crippen molar-refractivity contribution in [1.29, 1.82) is 0 Å². The summed E-state index contributed by atoms with van der Waals surface area (Å²) in [6.45, 7) is 12.7. The third-order valence-corrected chi connectivity index (χ3v) is 7.58. The molecule has 0 atom stereocenters. The van der Waals surface area contributed by atoms with Crippen LogP contribution in [-0.4, -0.2) is 13.1 Å². The van der Waals surface area contributed by atoms with E-state index >= 15 is 0 Å². The minimum absolute atomic E-state index is 0.115. The van der Waals surface area contributed by atoms with Crippen LogP contribution < -0.4 is 11.5 Å². The van der Waals surface area contributed by atoms with Crippen LogP contribution in [0.3, 0.4) is 0 Å². The van der Waals surface area contributed by atoms with Crippen molar-refractivity contribution in [2.75, 3.05) is 13.1 Å². The highest BCUT2D eigenvalue weighted by Gasteiger charge is 2.24. The summed E-state index contributed by atoms with van der Waals surface area (Å²) in [5, 5.41) is 0. The van der Waals surface area contributed by atoms with E-state index < -0.39 is 0 Å². The van der Waals surface area contributed by atoms with E-state index in [1.807, 2.05) is 0 Å². The van der Waals surface area contributed by atoms with Crippen molar-refractivity contribution in [3.63, 3.8) is 0 Å². The Morgan fingerprint density at radius 2 is 1.19 bits per heavy atom. The Hall–Kier alpha value is -3.20. The summed E-state index contributed by atoms with van der Waals surface area (Å²) in [6, 6.07) is 33.6. The summed E-state index contributed by atoms with van der Waals surface area (Å²) in [5.41, 5.74) is 23.4. The Bertz CT molecular complexity index is 1340. The molecule has 4 N–H and O–H groups in total. The molecule has 192 valence electrons. The summed E-state index contributed by atoms with van der Waals surface area (Å²) in [5.74, 6) is 0. The Balaban J connectivity index is 1.67. The summed E-state index contributed by atoms with van der Waals surface area (Å²) >= 11 is 0. The van der Waals surface area contributed by atoms with Crippen molar-refractivity contribution in [3.8, 4) is 22.3 Å². The maximum absolute atomic E-state index is 6.07. The molecule has 0 heterocycles. The largest absolute Gasteiger partial charge is 0.330 e. The normalized spacial score (nSPS) is 12.1. The SMILES string of the molecule is CC(C)(C)c1cccc(-c2ccc(C(C)(C)c3ccc(-c4cccc(CCN)c4)cc3)cc2CCN)c1. The molecule has 4 aromatic carbocycles. The first-order chi connectivity index (χ1) is 17.6. The van der Waals surface area contributed by atoms with E-state index in [0.29, 0.717) is 13.1 Å². The van der Waals surface area contributed by atoms with Crippen molar-refractivity contribution in [3.05, 3.63) is 119 Å². The average Bonchev–Trinajstić information content (AvgIpc) is 2.89. The molecule has 0 saturated heterocycles. The standard InChI is InChI=1S/C35H42N2/c1-34(2,3)31-11-7-10-28(23-31)33-17-16-32(24-29(33)19-21-37)35(4,5)30-14-12-26(13-15-30)27-9-6-8-25(22-27)18-20-36/h6-17,22-24H,18-21,36-37H2,1-5H3. The van der Waals surface area contributed by atoms with Crippen LogP contribution in [0.15, 0.2) is 91.0 Å². The summed E-state index contributed by atoms with van der Waals surface area (Å²) in [4.78, 5) is 0. The molecule has 0 radical (unpaired) electrons. The van der Waals surface area contributed by atoms with E-state index in [4.69, 9.17) is 11.5 Å². The highest BCUT2D eigenvalue weighted by atomic mass is 14.5. The number of rotatable bonds is 8. The number of benzene rings is 4. The monoisotopic (exact) mass is 490 g/mol. The van der Waals surface area contributed by atoms with Crippen molar-refractivity contribution in [2.24, 2.45) is 11.5 Å². The quantitative estimate of drug-likeness (QED) is 0.266. The lowest BCUT2D eigenvalue weighted by Gasteiger charge is -2.28. The van der Waals surface area contributed by atoms with E-state index in [9.17, 15) is 0 Å². The fourth-order valence-electron chi connectivity index (χ4n) is 5.10. The third kappa shape index (κ3) is 6.04. The Morgan fingerprint density at radius 1 is 0.541 bits per heavy atom. The topological polar surface area (TPSA) is 52.0 Å². The minimum atomic E-state index is -0.130. The van der Waals surface area contributed by atoms with Gasteiger partial charge in [0.05, 0.1) is 0 Å². The van der Waals surface area contributed by atoms with Crippen LogP contribution in [0.25, 0.3) is 22.3 Å². The first-order valence-electron chi connectivity index (χ1n) is 13.5. The summed E-state index contributed by atoms with van der Waals surface area (Å²) in [6.07, 6.45) is 1.76. The van der Waals surface area contributed by atoms with Crippen molar-refractivity contribution in [2.45, 2.75) is 58.3 Å². The molecule has 0 bridgehead atoms. The van der Waals surface area contributed by atoms with Gasteiger partial charge in [-0.3, -0.25) is 0 Å². The molecule has 4 aromatic rings. The minimum Gasteiger partial charge on any atom is -0.330 e. The van der Waals surface area contributed by atoms with E-state index in [0.717, 1.165) is 12.8 Å². The maximum Gasteiger partial charge on any atom is 0.0146 e. The van der Waals surface area contributed by atoms with Crippen molar-refractivity contribution in [1.82, 2.24) is 0 Å². The molecule has 0 amide bonds. The van der Waals surface area contributed by atoms with E-state index in [1.165, 1.54) is 50.1 Å². The number of hydrogen-bond donors (Lipinski definition) is 2. The molecule has 0 aliphatic heterocycles. The van der Waals surface area contributed by atoms with Gasteiger partial charge in [0.1, 0.15) is 0 Å². The van der Waals surface area contributed by atoms with E-state index in [-0.39, 0.29) is 10.8 Å². The second kappa shape index (κ2) is 11.0. The van der Waals surface area contributed by atoms with Crippen LogP contribution in [0.5, 0.6) is 0 Å². The zero-order chi connectivity index (χ0) is 26.6. The van der Waals surface area contributed by atoms with Crippen LogP contribution in [0.1, 0.15) is 62.4 Å². The fourth-order valence-corrected chi connectivity index (χ4v) is 5.10. The zero-order valence-corrected chi connectivity index (χ0v) is 23.1. The first kappa shape index (κ1) is 26.9. The summed E-state index contributed by atoms with van der Waals surface area (Å²) < 4.78 is 0. The van der Waals surface area contributed by atoms with Crippen LogP contribution in [0.4, 0.5) is 0 Å². The number of hydrogen-bond acceptors (Lipinski definition) is 2. The predicted octanol–water partition coefficient (Wildman–Crippen LogP) is 7.65. The van der Waals surface area contributed by atoms with Crippen LogP contribution in [0, 0.1) is 0 Å². The van der Waals surface area contributed by atoms with Crippen molar-refractivity contribution < 1.29 is 0 Å². The lowest BCUT2D eigenvalue weighted by atomic mass is 9.76. The van der Waals surface area contributed by atoms with E-state index in [2.05, 4.69) is 126 Å². The molecule has 0 spiro atoms. The lowest BCUT2D eigenvalue weighted by Crippen LogP contribution is -2.19. The van der Waals surface area contributed by atoms with Gasteiger partial charge >= 0.3 is 0 Å². The van der Waals surface area contributed by atoms with Crippen LogP contribution in [0.2, 0.25) is 0 Å². The fraction of sp³-hybridized carbons (Fsp3) is 0.314. The lowest BCUT2D eigenvalue weighted by molar-refractivity contribution is 0.590. The molecule has 0 aromatic heterocycles. The predicted molar refractivity (Wildman–Crippen MR) is 160 cm³/mol. The maximum atomic E-state index is 6.07. The van der Waals surface area contributed by atoms with Gasteiger partial charge in [-0.05, 0) is 81.4 Å². The molecular weight excluding hydrogens is 448 g/mol. The smallest absolute Gasteiger partial charge is 0.0146 e. The molecule has 0 saturated carbocycles. The van der Waals surface area contributed by atoms with Gasteiger partial charge in [0.25, 0.3) is 0 Å². The van der Waals surface area contributed by atoms with Gasteiger partial charge in [0.15, 0.2) is 0 Å². The second-order valence-electron chi connectivity index (χ2n) is 11.7. The highest BCUT2D eigenvalue weighted by Crippen LogP contribution is 2.37. The third-order valence-electron chi connectivity index (χ3n) is 7.58. The Labute approximate surface area is 223 Å². The molecule has 0 aliphatic carbocycles. The molecule has 2 heteroatoms. The van der Waals surface area contributed by atoms with Gasteiger partial charge < -0.3 is 11.5 Å². The molecule has 0 unspecified atom stereocenters. The van der Waals surface area contributed by atoms with Crippen LogP contribution in [-0.2, 0) is 23.7 Å². The van der Waals surface area contributed by atoms with Crippen LogP contribution >= 0.6 is 0 Å². The molecule has 37 heavy (non-hydrogen) atoms. The molecule has 4 rings (SSSR count). The van der Waals surface area contributed by atoms with Gasteiger partial charge in [-0.25, -0.2) is 0 Å². The Morgan fingerprint density at radius 3 is 1.86 bits per heavy atom. The number of nitrogens with two attached hydrogens (primary N) is 2. The first-order valence-corrected chi connectivity index (χ1v) is 13.5. The van der Waals surface area contributed by atoms with Gasteiger partial charge in [-0.2, -0.15) is 0 Å². The van der Waals surface area contributed by atoms with Crippen molar-refractivity contribution >= 4 is 0 Å². The van der Waals surface area contributed by atoms with Gasteiger partial charge in [0, 0.05) is 5.41 Å². The second-order valence-corrected chi connectivity index (χ2v) is 11.7. The zero-order valence-electron chi connectivity index (χ0n) is 23.1. The molecule has 0 aliphatic rings. The average molecular weight is 491 g/mol. The summed E-state index contributed by atoms with van der Waals surface area (Å²) in [7, 11) is 0.